The maximum Gasteiger partial charge on any atom is 0.0803 e. The van der Waals surface area contributed by atoms with Gasteiger partial charge in [-0.1, -0.05) is 61.7 Å². The van der Waals surface area contributed by atoms with Crippen LogP contribution < -0.4 is 0 Å². The first kappa shape index (κ1) is 17.7. The van der Waals surface area contributed by atoms with Gasteiger partial charge >= 0.3 is 0 Å². The highest BCUT2D eigenvalue weighted by molar-refractivity contribution is 7.99. The molecule has 1 aromatic heterocycles. The fraction of sp³-hybridized carbons (Fsp3) is 0.107. The van der Waals surface area contributed by atoms with Crippen molar-refractivity contribution in [3.8, 4) is 11.3 Å². The number of aromatic nitrogens is 1. The highest BCUT2D eigenvalue weighted by Crippen LogP contribution is 2.50. The van der Waals surface area contributed by atoms with Crippen molar-refractivity contribution in [2.45, 2.75) is 30.1 Å². The van der Waals surface area contributed by atoms with Gasteiger partial charge in [0, 0.05) is 26.9 Å². The molecule has 0 radical (unpaired) electrons. The summed E-state index contributed by atoms with van der Waals surface area (Å²) in [5.74, 6) is 0. The molecule has 1 aliphatic rings. The first-order valence-corrected chi connectivity index (χ1v) is 11.2. The molecular weight excluding hydrogens is 382 g/mol. The summed E-state index contributed by atoms with van der Waals surface area (Å²) in [6.07, 6.45) is 4.95. The van der Waals surface area contributed by atoms with Crippen molar-refractivity contribution in [3.63, 3.8) is 0 Å². The van der Waals surface area contributed by atoms with Gasteiger partial charge in [0.05, 0.1) is 5.69 Å². The molecule has 1 aliphatic heterocycles. The molecule has 0 N–H and O–H groups in total. The minimum atomic E-state index is 1.05. The Labute approximate surface area is 180 Å². The zero-order chi connectivity index (χ0) is 20.4. The Balaban J connectivity index is 1.76. The van der Waals surface area contributed by atoms with Crippen LogP contribution in [-0.4, -0.2) is 4.98 Å². The summed E-state index contributed by atoms with van der Waals surface area (Å²) in [5, 5.41) is 7.84. The van der Waals surface area contributed by atoms with E-state index in [4.69, 9.17) is 4.98 Å². The van der Waals surface area contributed by atoms with Crippen LogP contribution in [0.4, 0.5) is 0 Å². The van der Waals surface area contributed by atoms with Crippen molar-refractivity contribution in [2.24, 2.45) is 0 Å². The molecule has 0 amide bonds. The quantitative estimate of drug-likeness (QED) is 0.270. The lowest BCUT2D eigenvalue weighted by Crippen LogP contribution is -1.98. The fourth-order valence-electron chi connectivity index (χ4n) is 4.74. The largest absolute Gasteiger partial charge is 0.256 e. The Kier molecular flexibility index (Phi) is 3.81. The van der Waals surface area contributed by atoms with Crippen LogP contribution >= 0.6 is 11.8 Å². The molecule has 0 unspecified atom stereocenters. The van der Waals surface area contributed by atoms with Gasteiger partial charge < -0.3 is 0 Å². The molecule has 4 aromatic carbocycles. The standard InChI is InChI=1S/C28H21NS/c1-4-17-6-7-19-8-9-20-21-10-11-29-28-24-12-16(3)18(5-2)14-25(24)30-26(27(21)28)15-23(20)22(19)13-17/h5-15H,2,4H2,1,3H3. The number of nitrogens with zero attached hydrogens (tertiary/aromatic N) is 1. The predicted molar refractivity (Wildman–Crippen MR) is 131 cm³/mol. The van der Waals surface area contributed by atoms with Gasteiger partial charge in [-0.2, -0.15) is 0 Å². The van der Waals surface area contributed by atoms with Gasteiger partial charge in [-0.3, -0.25) is 4.98 Å². The molecule has 0 saturated heterocycles. The summed E-state index contributed by atoms with van der Waals surface area (Å²) >= 11 is 1.86. The summed E-state index contributed by atoms with van der Waals surface area (Å²) in [7, 11) is 0. The smallest absolute Gasteiger partial charge is 0.0803 e. The molecule has 6 rings (SSSR count). The van der Waals surface area contributed by atoms with Gasteiger partial charge in [0.25, 0.3) is 0 Å². The lowest BCUT2D eigenvalue weighted by atomic mass is 9.93. The molecular formula is C28H21NS. The van der Waals surface area contributed by atoms with Crippen molar-refractivity contribution in [2.75, 3.05) is 0 Å². The molecule has 0 atom stereocenters. The van der Waals surface area contributed by atoms with E-state index in [1.165, 1.54) is 64.4 Å². The highest BCUT2D eigenvalue weighted by Gasteiger charge is 2.23. The fourth-order valence-corrected chi connectivity index (χ4v) is 5.91. The zero-order valence-corrected chi connectivity index (χ0v) is 17.9. The number of benzene rings is 4. The Bertz CT molecular complexity index is 1530. The number of pyridine rings is 1. The molecule has 0 fully saturated rings. The van der Waals surface area contributed by atoms with Crippen LogP contribution in [0.5, 0.6) is 0 Å². The molecule has 0 bridgehead atoms. The highest BCUT2D eigenvalue weighted by atomic mass is 32.2. The van der Waals surface area contributed by atoms with Crippen LogP contribution in [0.15, 0.2) is 77.2 Å². The Morgan fingerprint density at radius 1 is 0.900 bits per heavy atom. The van der Waals surface area contributed by atoms with Crippen molar-refractivity contribution in [3.05, 3.63) is 84.1 Å². The Morgan fingerprint density at radius 2 is 1.77 bits per heavy atom. The average molecular weight is 404 g/mol. The number of hydrogen-bond acceptors (Lipinski definition) is 2. The van der Waals surface area contributed by atoms with Crippen molar-refractivity contribution >= 4 is 50.2 Å². The van der Waals surface area contributed by atoms with Crippen LogP contribution in [-0.2, 0) is 6.42 Å². The zero-order valence-electron chi connectivity index (χ0n) is 17.1. The van der Waals surface area contributed by atoms with E-state index in [-0.39, 0.29) is 0 Å². The SMILES string of the molecule is C=Cc1cc2c(cc1C)-c1nccc3c1c(cc1c4cc(CC)ccc4ccc31)S2. The molecule has 2 heteroatoms. The van der Waals surface area contributed by atoms with Gasteiger partial charge in [0.1, 0.15) is 0 Å². The van der Waals surface area contributed by atoms with Crippen LogP contribution in [0.1, 0.15) is 23.6 Å². The lowest BCUT2D eigenvalue weighted by molar-refractivity contribution is 1.15. The van der Waals surface area contributed by atoms with Gasteiger partial charge in [-0.25, -0.2) is 0 Å². The maximum absolute atomic E-state index is 4.83. The summed E-state index contributed by atoms with van der Waals surface area (Å²) in [6.45, 7) is 8.36. The predicted octanol–water partition coefficient (Wildman–Crippen LogP) is 8.19. The molecule has 0 spiro atoms. The summed E-state index contributed by atoms with van der Waals surface area (Å²) < 4.78 is 0. The van der Waals surface area contributed by atoms with Gasteiger partial charge in [-0.15, -0.1) is 0 Å². The van der Waals surface area contributed by atoms with Crippen molar-refractivity contribution in [1.82, 2.24) is 4.98 Å². The third-order valence-corrected chi connectivity index (χ3v) is 7.46. The van der Waals surface area contributed by atoms with Crippen LogP contribution in [0.3, 0.4) is 0 Å². The van der Waals surface area contributed by atoms with E-state index < -0.39 is 0 Å². The molecule has 30 heavy (non-hydrogen) atoms. The van der Waals surface area contributed by atoms with Gasteiger partial charge in [0.15, 0.2) is 0 Å². The molecule has 0 saturated carbocycles. The van der Waals surface area contributed by atoms with Crippen LogP contribution in [0, 0.1) is 6.92 Å². The van der Waals surface area contributed by atoms with Crippen LogP contribution in [0.25, 0.3) is 49.7 Å². The third-order valence-electron chi connectivity index (χ3n) is 6.36. The minimum absolute atomic E-state index is 1.05. The second-order valence-electron chi connectivity index (χ2n) is 8.04. The van der Waals surface area contributed by atoms with Gasteiger partial charge in [0.2, 0.25) is 0 Å². The summed E-state index contributed by atoms with van der Waals surface area (Å²) in [4.78, 5) is 7.39. The van der Waals surface area contributed by atoms with Gasteiger partial charge in [-0.05, 0) is 81.2 Å². The second kappa shape index (κ2) is 6.45. The molecule has 5 aromatic rings. The van der Waals surface area contributed by atoms with E-state index in [9.17, 15) is 0 Å². The first-order chi connectivity index (χ1) is 14.7. The Morgan fingerprint density at radius 3 is 2.60 bits per heavy atom. The second-order valence-corrected chi connectivity index (χ2v) is 9.12. The number of hydrogen-bond donors (Lipinski definition) is 0. The number of fused-ring (bicyclic) bond motifs is 6. The van der Waals surface area contributed by atoms with Crippen molar-refractivity contribution < 1.29 is 0 Å². The molecule has 1 nitrogen and oxygen atoms in total. The topological polar surface area (TPSA) is 12.9 Å². The van der Waals surface area contributed by atoms with E-state index in [0.717, 1.165) is 12.1 Å². The van der Waals surface area contributed by atoms with E-state index in [0.29, 0.717) is 0 Å². The first-order valence-electron chi connectivity index (χ1n) is 10.4. The Hall–Kier alpha value is -3.10. The normalized spacial score (nSPS) is 12.5. The van der Waals surface area contributed by atoms with Crippen molar-refractivity contribution in [1.29, 1.82) is 0 Å². The lowest BCUT2D eigenvalue weighted by Gasteiger charge is -2.22. The summed E-state index contributed by atoms with van der Waals surface area (Å²) in [5.41, 5.74) is 6.14. The number of aryl methyl sites for hydroxylation is 2. The third kappa shape index (κ3) is 2.41. The van der Waals surface area contributed by atoms with E-state index >= 15 is 0 Å². The molecule has 144 valence electrons. The maximum atomic E-state index is 4.83. The monoisotopic (exact) mass is 403 g/mol. The average Bonchev–Trinajstić information content (AvgIpc) is 2.78. The van der Waals surface area contributed by atoms with E-state index in [1.54, 1.807) is 0 Å². The minimum Gasteiger partial charge on any atom is -0.256 e. The summed E-state index contributed by atoms with van der Waals surface area (Å²) in [6, 6.07) is 20.5. The van der Waals surface area contributed by atoms with E-state index in [2.05, 4.69) is 75.0 Å². The van der Waals surface area contributed by atoms with E-state index in [1.807, 2.05) is 24.0 Å². The molecule has 2 heterocycles. The van der Waals surface area contributed by atoms with Crippen LogP contribution in [0.2, 0.25) is 0 Å². The molecule has 0 aliphatic carbocycles. The number of rotatable bonds is 2.